The van der Waals surface area contributed by atoms with Gasteiger partial charge in [-0.3, -0.25) is 9.59 Å². The first kappa shape index (κ1) is 10.5. The number of carbonyl (C=O) groups excluding carboxylic acids is 2. The van der Waals surface area contributed by atoms with Crippen LogP contribution >= 0.6 is 0 Å². The van der Waals surface area contributed by atoms with E-state index in [0.717, 1.165) is 38.9 Å². The molecule has 2 aliphatic rings. The number of hydrogen-bond acceptors (Lipinski definition) is 2. The van der Waals surface area contributed by atoms with Crippen LogP contribution in [0, 0.1) is 5.41 Å². The van der Waals surface area contributed by atoms with E-state index in [1.165, 1.54) is 0 Å². The molecule has 1 spiro atoms. The zero-order valence-corrected chi connectivity index (χ0v) is 9.45. The minimum absolute atomic E-state index is 0.128. The van der Waals surface area contributed by atoms with Gasteiger partial charge in [0.25, 0.3) is 0 Å². The highest BCUT2D eigenvalue weighted by molar-refractivity contribution is 5.85. The van der Waals surface area contributed by atoms with Crippen molar-refractivity contribution in [3.8, 4) is 0 Å². The number of rotatable bonds is 0. The van der Waals surface area contributed by atoms with Crippen LogP contribution in [0.4, 0.5) is 0 Å². The van der Waals surface area contributed by atoms with Crippen molar-refractivity contribution >= 4 is 11.8 Å². The molecular formula is C11H18N2O2. The predicted molar refractivity (Wildman–Crippen MR) is 56.2 cm³/mol. The first-order chi connectivity index (χ1) is 7.05. The largest absolute Gasteiger partial charge is 0.345 e. The minimum Gasteiger partial charge on any atom is -0.345 e. The molecule has 2 aliphatic heterocycles. The van der Waals surface area contributed by atoms with E-state index < -0.39 is 0 Å². The summed E-state index contributed by atoms with van der Waals surface area (Å²) >= 11 is 0. The van der Waals surface area contributed by atoms with E-state index in [1.807, 2.05) is 16.8 Å². The number of likely N-dealkylation sites (tertiary alicyclic amines) is 2. The van der Waals surface area contributed by atoms with Crippen LogP contribution in [0.5, 0.6) is 0 Å². The Kier molecular flexibility index (Phi) is 2.44. The van der Waals surface area contributed by atoms with Gasteiger partial charge in [0.2, 0.25) is 11.8 Å². The van der Waals surface area contributed by atoms with Gasteiger partial charge in [-0.15, -0.1) is 0 Å². The number of nitrogens with zero attached hydrogens (tertiary/aromatic N) is 2. The molecule has 2 saturated heterocycles. The van der Waals surface area contributed by atoms with Gasteiger partial charge in [0.1, 0.15) is 0 Å². The Labute approximate surface area is 90.2 Å². The number of carbonyl (C=O) groups is 2. The highest BCUT2D eigenvalue weighted by Gasteiger charge is 2.47. The second-order valence-electron chi connectivity index (χ2n) is 4.76. The van der Waals surface area contributed by atoms with E-state index in [2.05, 4.69) is 0 Å². The molecule has 2 rings (SSSR count). The van der Waals surface area contributed by atoms with Crippen molar-refractivity contribution in [2.75, 3.05) is 26.7 Å². The first-order valence-corrected chi connectivity index (χ1v) is 5.56. The maximum atomic E-state index is 12.0. The molecule has 84 valence electrons. The molecule has 4 heteroatoms. The van der Waals surface area contributed by atoms with Crippen LogP contribution in [0.1, 0.15) is 26.2 Å². The summed E-state index contributed by atoms with van der Waals surface area (Å²) in [6, 6.07) is 0. The third-order valence-electron chi connectivity index (χ3n) is 3.89. The van der Waals surface area contributed by atoms with Crippen LogP contribution in [-0.2, 0) is 9.59 Å². The lowest BCUT2D eigenvalue weighted by atomic mass is 9.77. The molecule has 0 N–H and O–H groups in total. The molecule has 2 heterocycles. The Balaban J connectivity index is 2.04. The monoisotopic (exact) mass is 210 g/mol. The van der Waals surface area contributed by atoms with Crippen molar-refractivity contribution in [1.82, 2.24) is 9.80 Å². The molecule has 0 aromatic carbocycles. The Bertz CT molecular complexity index is 293. The quantitative estimate of drug-likeness (QED) is 0.583. The molecule has 15 heavy (non-hydrogen) atoms. The maximum absolute atomic E-state index is 12.0. The van der Waals surface area contributed by atoms with E-state index in [9.17, 15) is 9.59 Å². The van der Waals surface area contributed by atoms with Gasteiger partial charge in [-0.2, -0.15) is 0 Å². The summed E-state index contributed by atoms with van der Waals surface area (Å²) in [6.45, 7) is 3.96. The van der Waals surface area contributed by atoms with Crippen LogP contribution < -0.4 is 0 Å². The summed E-state index contributed by atoms with van der Waals surface area (Å²) in [5.74, 6) is 0.411. The average molecular weight is 210 g/mol. The number of amides is 2. The molecule has 0 aliphatic carbocycles. The average Bonchev–Trinajstić information content (AvgIpc) is 2.48. The first-order valence-electron chi connectivity index (χ1n) is 5.56. The number of hydrogen-bond donors (Lipinski definition) is 0. The zero-order chi connectivity index (χ0) is 11.1. The SMILES string of the molecule is CC(=O)N1CCC2(CCN(C)C2=O)CC1. The molecular weight excluding hydrogens is 192 g/mol. The van der Waals surface area contributed by atoms with E-state index in [-0.39, 0.29) is 17.2 Å². The molecule has 0 atom stereocenters. The Morgan fingerprint density at radius 1 is 1.20 bits per heavy atom. The standard InChI is InChI=1S/C11H18N2O2/c1-9(14)13-7-4-11(5-8-13)3-6-12(2)10(11)15/h3-8H2,1-2H3. The van der Waals surface area contributed by atoms with Gasteiger partial charge in [-0.1, -0.05) is 0 Å². The molecule has 0 aromatic rings. The van der Waals surface area contributed by atoms with Crippen molar-refractivity contribution in [2.24, 2.45) is 5.41 Å². The van der Waals surface area contributed by atoms with Gasteiger partial charge in [0.05, 0.1) is 5.41 Å². The fraction of sp³-hybridized carbons (Fsp3) is 0.818. The van der Waals surface area contributed by atoms with Crippen LogP contribution in [0.2, 0.25) is 0 Å². The summed E-state index contributed by atoms with van der Waals surface area (Å²) in [5.41, 5.74) is -0.138. The van der Waals surface area contributed by atoms with Gasteiger partial charge in [0, 0.05) is 33.6 Å². The van der Waals surface area contributed by atoms with Crippen molar-refractivity contribution in [2.45, 2.75) is 26.2 Å². The second-order valence-corrected chi connectivity index (χ2v) is 4.76. The second kappa shape index (κ2) is 3.51. The van der Waals surface area contributed by atoms with E-state index >= 15 is 0 Å². The predicted octanol–water partition coefficient (Wildman–Crippen LogP) is 0.477. The van der Waals surface area contributed by atoms with Gasteiger partial charge in [0.15, 0.2) is 0 Å². The van der Waals surface area contributed by atoms with Gasteiger partial charge >= 0.3 is 0 Å². The fourth-order valence-corrected chi connectivity index (χ4v) is 2.71. The lowest BCUT2D eigenvalue weighted by Gasteiger charge is -2.37. The van der Waals surface area contributed by atoms with Crippen LogP contribution in [0.15, 0.2) is 0 Å². The molecule has 4 nitrogen and oxygen atoms in total. The third-order valence-corrected chi connectivity index (χ3v) is 3.89. The summed E-state index contributed by atoms with van der Waals surface area (Å²) in [5, 5.41) is 0. The van der Waals surface area contributed by atoms with E-state index in [4.69, 9.17) is 0 Å². The van der Waals surface area contributed by atoms with Gasteiger partial charge in [-0.25, -0.2) is 0 Å². The highest BCUT2D eigenvalue weighted by Crippen LogP contribution is 2.40. The third kappa shape index (κ3) is 1.62. The molecule has 0 aromatic heterocycles. The fourth-order valence-electron chi connectivity index (χ4n) is 2.71. The molecule has 0 bridgehead atoms. The molecule has 0 radical (unpaired) electrons. The maximum Gasteiger partial charge on any atom is 0.228 e. The highest BCUT2D eigenvalue weighted by atomic mass is 16.2. The van der Waals surface area contributed by atoms with Crippen molar-refractivity contribution < 1.29 is 9.59 Å². The molecule has 0 saturated carbocycles. The van der Waals surface area contributed by atoms with Crippen molar-refractivity contribution in [1.29, 1.82) is 0 Å². The molecule has 2 amide bonds. The lowest BCUT2D eigenvalue weighted by Crippen LogP contribution is -2.45. The topological polar surface area (TPSA) is 40.6 Å². The smallest absolute Gasteiger partial charge is 0.228 e. The molecule has 2 fully saturated rings. The normalized spacial score (nSPS) is 25.1. The van der Waals surface area contributed by atoms with Gasteiger partial charge < -0.3 is 9.80 Å². The lowest BCUT2D eigenvalue weighted by molar-refractivity contribution is -0.141. The van der Waals surface area contributed by atoms with Crippen LogP contribution in [-0.4, -0.2) is 48.3 Å². The Hall–Kier alpha value is -1.06. The number of piperidine rings is 1. The molecule has 0 unspecified atom stereocenters. The summed E-state index contributed by atoms with van der Waals surface area (Å²) in [4.78, 5) is 26.8. The van der Waals surface area contributed by atoms with Crippen molar-refractivity contribution in [3.05, 3.63) is 0 Å². The van der Waals surface area contributed by atoms with E-state index in [1.54, 1.807) is 6.92 Å². The van der Waals surface area contributed by atoms with Crippen LogP contribution in [0.25, 0.3) is 0 Å². The Morgan fingerprint density at radius 2 is 1.73 bits per heavy atom. The van der Waals surface area contributed by atoms with Gasteiger partial charge in [-0.05, 0) is 19.3 Å². The van der Waals surface area contributed by atoms with Crippen LogP contribution in [0.3, 0.4) is 0 Å². The van der Waals surface area contributed by atoms with E-state index in [0.29, 0.717) is 0 Å². The Morgan fingerprint density at radius 3 is 2.13 bits per heavy atom. The minimum atomic E-state index is -0.138. The summed E-state index contributed by atoms with van der Waals surface area (Å²) in [7, 11) is 1.87. The summed E-state index contributed by atoms with van der Waals surface area (Å²) < 4.78 is 0. The summed E-state index contributed by atoms with van der Waals surface area (Å²) in [6.07, 6.45) is 2.65. The zero-order valence-electron chi connectivity index (χ0n) is 9.45. The van der Waals surface area contributed by atoms with Crippen molar-refractivity contribution in [3.63, 3.8) is 0 Å².